The molecule has 1 unspecified atom stereocenters. The first kappa shape index (κ1) is 30.0. The first-order valence-corrected chi connectivity index (χ1v) is 14.7. The molecule has 0 aliphatic heterocycles. The molecular weight excluding hydrogens is 556 g/mol. The Hall–Kier alpha value is -3.98. The van der Waals surface area contributed by atoms with Crippen molar-refractivity contribution in [2.75, 3.05) is 25.6 Å². The number of carbonyl (C=O) groups excluding carboxylic acids is 1. The van der Waals surface area contributed by atoms with Gasteiger partial charge in [0.1, 0.15) is 0 Å². The van der Waals surface area contributed by atoms with Crippen molar-refractivity contribution in [2.45, 2.75) is 5.60 Å². The van der Waals surface area contributed by atoms with E-state index in [-0.39, 0.29) is 11.5 Å². The van der Waals surface area contributed by atoms with Gasteiger partial charge in [0.25, 0.3) is 11.5 Å². The lowest BCUT2D eigenvalue weighted by atomic mass is 9.81. The van der Waals surface area contributed by atoms with Crippen LogP contribution in [0, 0.1) is 0 Å². The average Bonchev–Trinajstić information content (AvgIpc) is 2.98. The Kier molecular flexibility index (Phi) is 9.28. The molecule has 4 N–H and O–H groups in total. The van der Waals surface area contributed by atoms with Crippen molar-refractivity contribution in [3.05, 3.63) is 130 Å². The summed E-state index contributed by atoms with van der Waals surface area (Å²) in [6, 6.07) is 21.1. The van der Waals surface area contributed by atoms with Crippen molar-refractivity contribution in [1.82, 2.24) is 14.8 Å². The number of carbonyl (C=O) groups is 1. The number of amides is 1. The van der Waals surface area contributed by atoms with E-state index in [1.807, 2.05) is 24.5 Å². The predicted octanol–water partition coefficient (Wildman–Crippen LogP) is 5.06. The van der Waals surface area contributed by atoms with Crippen molar-refractivity contribution in [3.8, 4) is 11.1 Å². The van der Waals surface area contributed by atoms with Crippen LogP contribution in [0.4, 0.5) is 0 Å². The topological polar surface area (TPSA) is 101 Å². The monoisotopic (exact) mass is 588 g/mol. The molecule has 9 heteroatoms. The van der Waals surface area contributed by atoms with Crippen LogP contribution in [-0.2, 0) is 12.6 Å². The van der Waals surface area contributed by atoms with E-state index in [9.17, 15) is 14.7 Å². The van der Waals surface area contributed by atoms with E-state index in [1.54, 1.807) is 96.1 Å². The fraction of sp³-hybridized carbons (Fsp3) is 0.188. The van der Waals surface area contributed by atoms with Gasteiger partial charge < -0.3 is 25.6 Å². The number of benzene rings is 3. The number of likely N-dealkylation sites (N-methyl/N-ethyl adjacent to an activating group) is 1. The van der Waals surface area contributed by atoms with E-state index >= 15 is 0 Å². The summed E-state index contributed by atoms with van der Waals surface area (Å²) in [4.78, 5) is 27.1. The van der Waals surface area contributed by atoms with Gasteiger partial charge in [-0.3, -0.25) is 9.59 Å². The fourth-order valence-corrected chi connectivity index (χ4v) is 5.36. The SMILES string of the molecule is C=CN(C)/C(=C\N)C(O)(c1ccc(C(=O)NCCSC)cc1)c1ccc2c(c1)c(-c1cccc(Cl)c1)cc(=O)n2C. The number of fused-ring (bicyclic) bond motifs is 1. The summed E-state index contributed by atoms with van der Waals surface area (Å²) in [5.74, 6) is 0.622. The molecule has 0 saturated heterocycles. The molecule has 41 heavy (non-hydrogen) atoms. The molecule has 212 valence electrons. The van der Waals surface area contributed by atoms with Crippen LogP contribution in [0.3, 0.4) is 0 Å². The third-order valence-corrected chi connectivity index (χ3v) is 7.99. The molecule has 0 aliphatic rings. The lowest BCUT2D eigenvalue weighted by Gasteiger charge is -2.36. The maximum Gasteiger partial charge on any atom is 0.251 e. The van der Waals surface area contributed by atoms with Gasteiger partial charge in [0, 0.05) is 54.6 Å². The van der Waals surface area contributed by atoms with E-state index in [0.29, 0.717) is 45.0 Å². The van der Waals surface area contributed by atoms with Gasteiger partial charge in [-0.15, -0.1) is 0 Å². The van der Waals surface area contributed by atoms with Gasteiger partial charge in [-0.2, -0.15) is 11.8 Å². The summed E-state index contributed by atoms with van der Waals surface area (Å²) in [6.45, 7) is 4.41. The second-order valence-corrected chi connectivity index (χ2v) is 11.0. The molecule has 4 rings (SSSR count). The summed E-state index contributed by atoms with van der Waals surface area (Å²) in [5, 5.41) is 16.8. The van der Waals surface area contributed by atoms with Crippen LogP contribution in [0.25, 0.3) is 22.0 Å². The number of aromatic nitrogens is 1. The van der Waals surface area contributed by atoms with E-state index < -0.39 is 5.60 Å². The van der Waals surface area contributed by atoms with E-state index in [4.69, 9.17) is 17.3 Å². The third-order valence-electron chi connectivity index (χ3n) is 7.14. The zero-order chi connectivity index (χ0) is 29.7. The van der Waals surface area contributed by atoms with E-state index in [2.05, 4.69) is 11.9 Å². The molecule has 0 radical (unpaired) electrons. The van der Waals surface area contributed by atoms with Crippen LogP contribution in [0.2, 0.25) is 5.02 Å². The smallest absolute Gasteiger partial charge is 0.251 e. The highest BCUT2D eigenvalue weighted by Gasteiger charge is 2.38. The van der Waals surface area contributed by atoms with Gasteiger partial charge in [0.2, 0.25) is 0 Å². The number of nitrogens with zero attached hydrogens (tertiary/aromatic N) is 2. The highest BCUT2D eigenvalue weighted by molar-refractivity contribution is 7.98. The Balaban J connectivity index is 1.94. The molecule has 4 aromatic rings. The van der Waals surface area contributed by atoms with Gasteiger partial charge in [-0.05, 0) is 71.1 Å². The summed E-state index contributed by atoms with van der Waals surface area (Å²) in [6.07, 6.45) is 4.88. The van der Waals surface area contributed by atoms with Gasteiger partial charge in [0.05, 0.1) is 11.2 Å². The Morgan fingerprint density at radius 1 is 1.15 bits per heavy atom. The van der Waals surface area contributed by atoms with Crippen molar-refractivity contribution in [3.63, 3.8) is 0 Å². The zero-order valence-electron chi connectivity index (χ0n) is 23.2. The largest absolute Gasteiger partial charge is 0.403 e. The first-order valence-electron chi connectivity index (χ1n) is 12.9. The Bertz CT molecular complexity index is 1680. The molecule has 0 saturated carbocycles. The summed E-state index contributed by atoms with van der Waals surface area (Å²) in [7, 11) is 3.45. The zero-order valence-corrected chi connectivity index (χ0v) is 24.8. The first-order chi connectivity index (χ1) is 19.6. The van der Waals surface area contributed by atoms with E-state index in [0.717, 1.165) is 16.7 Å². The normalized spacial score (nSPS) is 13.0. The minimum Gasteiger partial charge on any atom is -0.403 e. The van der Waals surface area contributed by atoms with Gasteiger partial charge in [-0.25, -0.2) is 0 Å². The quantitative estimate of drug-likeness (QED) is 0.224. The van der Waals surface area contributed by atoms with Crippen molar-refractivity contribution >= 4 is 40.2 Å². The number of rotatable bonds is 10. The molecule has 0 bridgehead atoms. The lowest BCUT2D eigenvalue weighted by molar-refractivity contribution is 0.0945. The molecule has 7 nitrogen and oxygen atoms in total. The highest BCUT2D eigenvalue weighted by Crippen LogP contribution is 2.40. The maximum absolute atomic E-state index is 12.9. The molecule has 0 fully saturated rings. The third kappa shape index (κ3) is 5.91. The van der Waals surface area contributed by atoms with Crippen molar-refractivity contribution in [1.29, 1.82) is 0 Å². The second kappa shape index (κ2) is 12.7. The Morgan fingerprint density at radius 3 is 2.49 bits per heavy atom. The number of nitrogens with two attached hydrogens (primary N) is 1. The van der Waals surface area contributed by atoms with Crippen molar-refractivity contribution in [2.24, 2.45) is 12.8 Å². The Labute approximate surface area is 248 Å². The number of aryl methyl sites for hydroxylation is 1. The van der Waals surface area contributed by atoms with Crippen LogP contribution in [0.1, 0.15) is 21.5 Å². The number of pyridine rings is 1. The number of thioether (sulfide) groups is 1. The summed E-state index contributed by atoms with van der Waals surface area (Å²) in [5.41, 5.74) is 8.19. The van der Waals surface area contributed by atoms with Crippen LogP contribution in [0.15, 0.2) is 102 Å². The minimum atomic E-state index is -1.74. The number of nitrogens with one attached hydrogen (secondary N) is 1. The van der Waals surface area contributed by atoms with Crippen LogP contribution in [-0.4, -0.2) is 46.1 Å². The van der Waals surface area contributed by atoms with Gasteiger partial charge >= 0.3 is 0 Å². The van der Waals surface area contributed by atoms with E-state index in [1.165, 1.54) is 6.20 Å². The Morgan fingerprint density at radius 2 is 1.85 bits per heavy atom. The number of hydrogen-bond acceptors (Lipinski definition) is 6. The van der Waals surface area contributed by atoms with Crippen LogP contribution < -0.4 is 16.6 Å². The molecular formula is C32H33ClN4O3S. The minimum absolute atomic E-state index is 0.171. The average molecular weight is 589 g/mol. The van der Waals surface area contributed by atoms with Gasteiger partial charge in [-0.1, -0.05) is 48.5 Å². The maximum atomic E-state index is 12.9. The molecule has 0 spiro atoms. The predicted molar refractivity (Wildman–Crippen MR) is 170 cm³/mol. The highest BCUT2D eigenvalue weighted by atomic mass is 35.5. The van der Waals surface area contributed by atoms with Crippen LogP contribution >= 0.6 is 23.4 Å². The van der Waals surface area contributed by atoms with Gasteiger partial charge in [0.15, 0.2) is 5.60 Å². The second-order valence-electron chi connectivity index (χ2n) is 9.58. The molecule has 1 heterocycles. The number of aliphatic hydroxyl groups is 1. The number of halogens is 1. The molecule has 0 aliphatic carbocycles. The summed E-state index contributed by atoms with van der Waals surface area (Å²) >= 11 is 7.94. The van der Waals surface area contributed by atoms with Crippen molar-refractivity contribution < 1.29 is 9.90 Å². The summed E-state index contributed by atoms with van der Waals surface area (Å²) < 4.78 is 1.56. The molecule has 3 aromatic carbocycles. The molecule has 1 aromatic heterocycles. The number of hydrogen-bond donors (Lipinski definition) is 3. The van der Waals surface area contributed by atoms with Crippen LogP contribution in [0.5, 0.6) is 0 Å². The molecule has 1 atom stereocenters. The standard InChI is InChI=1S/C32H33ClN4O3S/c1-5-36(2)29(20-34)32(40,23-11-9-21(10-12-23)31(39)35-15-16-41-4)24-13-14-28-27(18-24)26(19-30(38)37(28)3)22-7-6-8-25(33)17-22/h5-14,17-20,40H,1,15-16,34H2,2-4H3,(H,35,39)/b29-20-. The molecule has 1 amide bonds. The lowest BCUT2D eigenvalue weighted by Crippen LogP contribution is -2.37. The fourth-order valence-electron chi connectivity index (χ4n) is 4.87.